The molecule has 1 heterocycles. The largest absolute Gasteiger partial charge is 0.472 e. The third-order valence-electron chi connectivity index (χ3n) is 1.67. The maximum Gasteiger partial charge on any atom is 0.0937 e. The van der Waals surface area contributed by atoms with Crippen molar-refractivity contribution in [3.63, 3.8) is 0 Å². The Morgan fingerprint density at radius 3 is 3.00 bits per heavy atom. The Balaban J connectivity index is 2.50. The Morgan fingerprint density at radius 1 is 1.70 bits per heavy atom. The minimum Gasteiger partial charge on any atom is -0.472 e. The second-order valence-electron chi connectivity index (χ2n) is 2.47. The lowest BCUT2D eigenvalue weighted by molar-refractivity contribution is 0.278. The van der Waals surface area contributed by atoms with Gasteiger partial charge in [0.15, 0.2) is 0 Å². The van der Waals surface area contributed by atoms with E-state index in [4.69, 9.17) is 9.52 Å². The van der Waals surface area contributed by atoms with E-state index in [0.717, 1.165) is 12.0 Å². The van der Waals surface area contributed by atoms with Crippen LogP contribution in [0.1, 0.15) is 24.8 Å². The molecule has 0 radical (unpaired) electrons. The van der Waals surface area contributed by atoms with Gasteiger partial charge in [-0.15, -0.1) is 0 Å². The minimum atomic E-state index is 0.242. The smallest absolute Gasteiger partial charge is 0.0937 e. The highest BCUT2D eigenvalue weighted by Crippen LogP contribution is 2.17. The highest BCUT2D eigenvalue weighted by molar-refractivity contribution is 5.10. The van der Waals surface area contributed by atoms with Gasteiger partial charge in [0.05, 0.1) is 12.5 Å². The lowest BCUT2D eigenvalue weighted by Crippen LogP contribution is -1.94. The third-order valence-corrected chi connectivity index (χ3v) is 1.67. The van der Waals surface area contributed by atoms with Crippen LogP contribution < -0.4 is 0 Å². The number of furan rings is 1. The lowest BCUT2D eigenvalue weighted by Gasteiger charge is -2.04. The van der Waals surface area contributed by atoms with Gasteiger partial charge in [0, 0.05) is 6.61 Å². The highest BCUT2D eigenvalue weighted by Gasteiger charge is 2.04. The van der Waals surface area contributed by atoms with Crippen LogP contribution in [0, 0.1) is 0 Å². The topological polar surface area (TPSA) is 33.4 Å². The molecule has 0 aromatic carbocycles. The molecule has 2 heteroatoms. The van der Waals surface area contributed by atoms with E-state index in [1.165, 1.54) is 0 Å². The van der Waals surface area contributed by atoms with E-state index in [0.29, 0.717) is 5.92 Å². The zero-order chi connectivity index (χ0) is 7.40. The first-order valence-corrected chi connectivity index (χ1v) is 3.47. The van der Waals surface area contributed by atoms with Gasteiger partial charge in [-0.1, -0.05) is 6.92 Å². The fourth-order valence-electron chi connectivity index (χ4n) is 0.916. The molecular formula is C8H12O2. The van der Waals surface area contributed by atoms with Crippen molar-refractivity contribution in [2.24, 2.45) is 0 Å². The molecule has 0 fully saturated rings. The van der Waals surface area contributed by atoms with E-state index >= 15 is 0 Å². The summed E-state index contributed by atoms with van der Waals surface area (Å²) in [5, 5.41) is 8.60. The molecule has 0 spiro atoms. The van der Waals surface area contributed by atoms with Crippen molar-refractivity contribution >= 4 is 0 Å². The summed E-state index contributed by atoms with van der Waals surface area (Å²) in [6.45, 7) is 2.31. The molecule has 0 aliphatic rings. The molecule has 56 valence electrons. The molecule has 1 aromatic rings. The summed E-state index contributed by atoms with van der Waals surface area (Å²) in [7, 11) is 0. The Hall–Kier alpha value is -0.760. The summed E-state index contributed by atoms with van der Waals surface area (Å²) in [6, 6.07) is 1.93. The highest BCUT2D eigenvalue weighted by atomic mass is 16.3. The second kappa shape index (κ2) is 3.42. The SMILES string of the molecule is C[C@H](CCO)c1ccoc1. The molecule has 10 heavy (non-hydrogen) atoms. The Kier molecular flexibility index (Phi) is 2.51. The quantitative estimate of drug-likeness (QED) is 0.694. The molecular weight excluding hydrogens is 128 g/mol. The van der Waals surface area contributed by atoms with Gasteiger partial charge in [-0.3, -0.25) is 0 Å². The van der Waals surface area contributed by atoms with Gasteiger partial charge in [-0.25, -0.2) is 0 Å². The van der Waals surface area contributed by atoms with E-state index in [1.807, 2.05) is 6.07 Å². The zero-order valence-corrected chi connectivity index (χ0v) is 6.08. The van der Waals surface area contributed by atoms with E-state index in [2.05, 4.69) is 6.92 Å². The monoisotopic (exact) mass is 140 g/mol. The molecule has 1 rings (SSSR count). The van der Waals surface area contributed by atoms with E-state index < -0.39 is 0 Å². The van der Waals surface area contributed by atoms with Crippen LogP contribution in [-0.4, -0.2) is 11.7 Å². The molecule has 0 aliphatic heterocycles. The van der Waals surface area contributed by atoms with Crippen LogP contribution >= 0.6 is 0 Å². The Labute approximate surface area is 60.5 Å². The molecule has 0 amide bonds. The molecule has 0 bridgehead atoms. The van der Waals surface area contributed by atoms with Crippen LogP contribution in [0.3, 0.4) is 0 Å². The molecule has 0 aliphatic carbocycles. The average Bonchev–Trinajstić information content (AvgIpc) is 2.38. The summed E-state index contributed by atoms with van der Waals surface area (Å²) in [5.41, 5.74) is 1.16. The average molecular weight is 140 g/mol. The molecule has 1 N–H and O–H groups in total. The summed E-state index contributed by atoms with van der Waals surface area (Å²) < 4.78 is 4.90. The van der Waals surface area contributed by atoms with Crippen LogP contribution in [0.4, 0.5) is 0 Å². The number of aliphatic hydroxyl groups is 1. The minimum absolute atomic E-state index is 0.242. The molecule has 1 aromatic heterocycles. The number of rotatable bonds is 3. The third kappa shape index (κ3) is 1.61. The van der Waals surface area contributed by atoms with Crippen LogP contribution in [0.5, 0.6) is 0 Å². The van der Waals surface area contributed by atoms with Crippen molar-refractivity contribution in [1.82, 2.24) is 0 Å². The molecule has 0 saturated heterocycles. The van der Waals surface area contributed by atoms with Gasteiger partial charge >= 0.3 is 0 Å². The zero-order valence-electron chi connectivity index (χ0n) is 6.08. The summed E-state index contributed by atoms with van der Waals surface area (Å²) in [4.78, 5) is 0. The molecule has 0 unspecified atom stereocenters. The van der Waals surface area contributed by atoms with Crippen molar-refractivity contribution < 1.29 is 9.52 Å². The lowest BCUT2D eigenvalue weighted by atomic mass is 10.0. The Morgan fingerprint density at radius 2 is 2.50 bits per heavy atom. The van der Waals surface area contributed by atoms with Gasteiger partial charge in [-0.05, 0) is 24.0 Å². The van der Waals surface area contributed by atoms with Crippen molar-refractivity contribution in [2.45, 2.75) is 19.3 Å². The number of hydrogen-bond donors (Lipinski definition) is 1. The van der Waals surface area contributed by atoms with Crippen LogP contribution in [0.2, 0.25) is 0 Å². The first kappa shape index (κ1) is 7.35. The van der Waals surface area contributed by atoms with Crippen LogP contribution in [-0.2, 0) is 0 Å². The van der Waals surface area contributed by atoms with Crippen LogP contribution in [0.15, 0.2) is 23.0 Å². The maximum absolute atomic E-state index is 8.60. The summed E-state index contributed by atoms with van der Waals surface area (Å²) >= 11 is 0. The van der Waals surface area contributed by atoms with Gasteiger partial charge in [-0.2, -0.15) is 0 Å². The summed E-state index contributed by atoms with van der Waals surface area (Å²) in [5.74, 6) is 0.406. The summed E-state index contributed by atoms with van der Waals surface area (Å²) in [6.07, 6.45) is 4.18. The van der Waals surface area contributed by atoms with Crippen molar-refractivity contribution in [1.29, 1.82) is 0 Å². The fourth-order valence-corrected chi connectivity index (χ4v) is 0.916. The molecule has 1 atom stereocenters. The Bertz CT molecular complexity index is 167. The number of hydrogen-bond acceptors (Lipinski definition) is 2. The van der Waals surface area contributed by atoms with Crippen molar-refractivity contribution in [3.05, 3.63) is 24.2 Å². The second-order valence-corrected chi connectivity index (χ2v) is 2.47. The standard InChI is InChI=1S/C8H12O2/c1-7(2-4-9)8-3-5-10-6-8/h3,5-7,9H,2,4H2,1H3/t7-/m1/s1. The van der Waals surface area contributed by atoms with E-state index in [-0.39, 0.29) is 6.61 Å². The van der Waals surface area contributed by atoms with E-state index in [9.17, 15) is 0 Å². The first-order valence-electron chi connectivity index (χ1n) is 3.47. The predicted molar refractivity (Wildman–Crippen MR) is 38.8 cm³/mol. The molecule has 2 nitrogen and oxygen atoms in total. The van der Waals surface area contributed by atoms with Crippen LogP contribution in [0.25, 0.3) is 0 Å². The maximum atomic E-state index is 8.60. The first-order chi connectivity index (χ1) is 4.84. The molecule has 0 saturated carbocycles. The predicted octanol–water partition coefficient (Wildman–Crippen LogP) is 1.77. The van der Waals surface area contributed by atoms with Crippen molar-refractivity contribution in [3.8, 4) is 0 Å². The van der Waals surface area contributed by atoms with Gasteiger partial charge in [0.25, 0.3) is 0 Å². The van der Waals surface area contributed by atoms with Gasteiger partial charge in [0.1, 0.15) is 0 Å². The fraction of sp³-hybridized carbons (Fsp3) is 0.500. The van der Waals surface area contributed by atoms with Crippen molar-refractivity contribution in [2.75, 3.05) is 6.61 Å². The number of aliphatic hydroxyl groups excluding tert-OH is 1. The normalized spacial score (nSPS) is 13.4. The van der Waals surface area contributed by atoms with E-state index in [1.54, 1.807) is 12.5 Å². The van der Waals surface area contributed by atoms with Gasteiger partial charge < -0.3 is 9.52 Å². The van der Waals surface area contributed by atoms with Gasteiger partial charge in [0.2, 0.25) is 0 Å².